The highest BCUT2D eigenvalue weighted by Gasteiger charge is 2.23. The maximum atomic E-state index is 11.8. The fourth-order valence-corrected chi connectivity index (χ4v) is 2.63. The number of carbonyl (C=O) groups excluding carboxylic acids is 4. The van der Waals surface area contributed by atoms with Gasteiger partial charge in [-0.15, -0.1) is 0 Å². The van der Waals surface area contributed by atoms with Crippen molar-refractivity contribution in [3.63, 3.8) is 0 Å². The number of hydrazine groups is 1. The molecular weight excluding hydrogens is 350 g/mol. The Morgan fingerprint density at radius 2 is 1.81 bits per heavy atom. The molecule has 0 aromatic carbocycles. The number of nitrogens with zero attached hydrogens (tertiary/aromatic N) is 1. The molecule has 0 aromatic rings. The molecular formula is C19H31N3O5. The minimum absolute atomic E-state index is 0.0192. The normalized spacial score (nSPS) is 14.7. The lowest BCUT2D eigenvalue weighted by Gasteiger charge is -2.13. The van der Waals surface area contributed by atoms with Gasteiger partial charge in [-0.05, 0) is 18.8 Å². The van der Waals surface area contributed by atoms with Gasteiger partial charge in [-0.1, -0.05) is 20.3 Å². The van der Waals surface area contributed by atoms with E-state index in [4.69, 9.17) is 4.74 Å². The van der Waals surface area contributed by atoms with E-state index in [9.17, 15) is 19.2 Å². The van der Waals surface area contributed by atoms with Gasteiger partial charge >= 0.3 is 0 Å². The minimum Gasteiger partial charge on any atom is -0.381 e. The fraction of sp³-hybridized carbons (Fsp3) is 0.684. The number of imide groups is 1. The van der Waals surface area contributed by atoms with E-state index in [1.165, 1.54) is 12.2 Å². The van der Waals surface area contributed by atoms with Crippen LogP contribution in [0.5, 0.6) is 0 Å². The molecule has 0 radical (unpaired) electrons. The van der Waals surface area contributed by atoms with E-state index in [0.29, 0.717) is 32.0 Å². The van der Waals surface area contributed by atoms with Gasteiger partial charge in [0.1, 0.15) is 5.78 Å². The molecule has 0 fully saturated rings. The standard InChI is InChI=1S/C19H31N3O5/c1-3-5-15(2)14-20-21-17(24)10-13-27-12-4-6-16(23)9-11-22-18(25)7-8-19(22)26/h7-8,15,20H,3-6,9-14H2,1-2H3,(H,21,24). The molecule has 3 amide bonds. The van der Waals surface area contributed by atoms with E-state index >= 15 is 0 Å². The topological polar surface area (TPSA) is 105 Å². The van der Waals surface area contributed by atoms with Crippen molar-refractivity contribution < 1.29 is 23.9 Å². The number of Topliss-reactive ketones (excluding diaryl/α,β-unsaturated/α-hetero) is 1. The number of rotatable bonds is 15. The number of amides is 3. The van der Waals surface area contributed by atoms with Crippen LogP contribution in [-0.2, 0) is 23.9 Å². The number of ether oxygens (including phenoxy) is 1. The first-order valence-electron chi connectivity index (χ1n) is 9.58. The van der Waals surface area contributed by atoms with Crippen molar-refractivity contribution in [3.8, 4) is 0 Å². The first kappa shape index (κ1) is 23.0. The number of ketones is 1. The molecule has 1 heterocycles. The Labute approximate surface area is 160 Å². The van der Waals surface area contributed by atoms with Crippen molar-refractivity contribution in [2.75, 3.05) is 26.3 Å². The molecule has 8 heteroatoms. The molecule has 152 valence electrons. The number of carbonyl (C=O) groups is 4. The highest BCUT2D eigenvalue weighted by molar-refractivity contribution is 6.13. The summed E-state index contributed by atoms with van der Waals surface area (Å²) in [5.41, 5.74) is 5.57. The number of hydrogen-bond donors (Lipinski definition) is 2. The Morgan fingerprint density at radius 3 is 2.48 bits per heavy atom. The summed E-state index contributed by atoms with van der Waals surface area (Å²) < 4.78 is 5.36. The summed E-state index contributed by atoms with van der Waals surface area (Å²) in [7, 11) is 0. The zero-order valence-electron chi connectivity index (χ0n) is 16.3. The largest absolute Gasteiger partial charge is 0.381 e. The summed E-state index contributed by atoms with van der Waals surface area (Å²) in [6, 6.07) is 0. The summed E-state index contributed by atoms with van der Waals surface area (Å²) in [4.78, 5) is 47.2. The number of hydrogen-bond acceptors (Lipinski definition) is 6. The molecule has 1 unspecified atom stereocenters. The Kier molecular flexibility index (Phi) is 11.2. The van der Waals surface area contributed by atoms with Crippen LogP contribution in [-0.4, -0.2) is 54.7 Å². The molecule has 1 aliphatic rings. The van der Waals surface area contributed by atoms with E-state index in [-0.39, 0.29) is 42.9 Å². The van der Waals surface area contributed by atoms with Gasteiger partial charge in [0.15, 0.2) is 0 Å². The first-order chi connectivity index (χ1) is 12.9. The summed E-state index contributed by atoms with van der Waals surface area (Å²) >= 11 is 0. The third-order valence-electron chi connectivity index (χ3n) is 4.19. The molecule has 0 saturated heterocycles. The molecule has 1 aliphatic heterocycles. The van der Waals surface area contributed by atoms with E-state index < -0.39 is 0 Å². The molecule has 0 bridgehead atoms. The Bertz CT molecular complexity index is 529. The molecule has 0 saturated carbocycles. The second kappa shape index (κ2) is 13.2. The summed E-state index contributed by atoms with van der Waals surface area (Å²) in [5, 5.41) is 0. The molecule has 8 nitrogen and oxygen atoms in total. The van der Waals surface area contributed by atoms with Gasteiger partial charge in [0.2, 0.25) is 5.91 Å². The minimum atomic E-state index is -0.372. The summed E-state index contributed by atoms with van der Waals surface area (Å²) in [5.74, 6) is -0.368. The van der Waals surface area contributed by atoms with Crippen molar-refractivity contribution in [1.29, 1.82) is 0 Å². The van der Waals surface area contributed by atoms with Crippen LogP contribution in [0.25, 0.3) is 0 Å². The van der Waals surface area contributed by atoms with Crippen LogP contribution >= 0.6 is 0 Å². The van der Waals surface area contributed by atoms with Gasteiger partial charge in [0, 0.05) is 44.7 Å². The maximum Gasteiger partial charge on any atom is 0.253 e. The molecule has 1 atom stereocenters. The van der Waals surface area contributed by atoms with Gasteiger partial charge in [0.25, 0.3) is 11.8 Å². The van der Waals surface area contributed by atoms with E-state index in [2.05, 4.69) is 24.7 Å². The monoisotopic (exact) mass is 381 g/mol. The molecule has 0 aliphatic carbocycles. The molecule has 0 spiro atoms. The summed E-state index contributed by atoms with van der Waals surface area (Å²) in [6.07, 6.45) is 5.94. The zero-order chi connectivity index (χ0) is 20.1. The molecule has 1 rings (SSSR count). The van der Waals surface area contributed by atoms with E-state index in [0.717, 1.165) is 24.3 Å². The molecule has 2 N–H and O–H groups in total. The zero-order valence-corrected chi connectivity index (χ0v) is 16.3. The Morgan fingerprint density at radius 1 is 1.11 bits per heavy atom. The summed E-state index contributed by atoms with van der Waals surface area (Å²) in [6.45, 7) is 5.82. The first-order valence-corrected chi connectivity index (χ1v) is 9.58. The van der Waals surface area contributed by atoms with Crippen molar-refractivity contribution in [1.82, 2.24) is 15.8 Å². The lowest BCUT2D eigenvalue weighted by Crippen LogP contribution is -2.40. The average molecular weight is 381 g/mol. The predicted molar refractivity (Wildman–Crippen MR) is 100 cm³/mol. The van der Waals surface area contributed by atoms with Crippen molar-refractivity contribution in [2.45, 2.75) is 52.4 Å². The van der Waals surface area contributed by atoms with Crippen LogP contribution in [0.4, 0.5) is 0 Å². The molecule has 0 aromatic heterocycles. The maximum absolute atomic E-state index is 11.8. The van der Waals surface area contributed by atoms with Gasteiger partial charge in [-0.25, -0.2) is 5.43 Å². The van der Waals surface area contributed by atoms with Gasteiger partial charge < -0.3 is 4.74 Å². The van der Waals surface area contributed by atoms with Gasteiger partial charge in [-0.2, -0.15) is 0 Å². The lowest BCUT2D eigenvalue weighted by atomic mass is 10.1. The predicted octanol–water partition coefficient (Wildman–Crippen LogP) is 1.11. The van der Waals surface area contributed by atoms with Gasteiger partial charge in [0.05, 0.1) is 13.0 Å². The highest BCUT2D eigenvalue weighted by atomic mass is 16.5. The van der Waals surface area contributed by atoms with Crippen molar-refractivity contribution in [3.05, 3.63) is 12.2 Å². The number of nitrogens with one attached hydrogen (secondary N) is 2. The Balaban J connectivity index is 1.96. The SMILES string of the molecule is CCCC(C)CNNC(=O)CCOCCCC(=O)CCN1C(=O)C=CC1=O. The third-order valence-corrected chi connectivity index (χ3v) is 4.19. The van der Waals surface area contributed by atoms with Crippen molar-refractivity contribution in [2.24, 2.45) is 5.92 Å². The van der Waals surface area contributed by atoms with Crippen LogP contribution in [0.2, 0.25) is 0 Å². The third kappa shape index (κ3) is 10.0. The molecule has 27 heavy (non-hydrogen) atoms. The van der Waals surface area contributed by atoms with E-state index in [1.54, 1.807) is 0 Å². The van der Waals surface area contributed by atoms with Crippen LogP contribution < -0.4 is 10.9 Å². The van der Waals surface area contributed by atoms with Crippen molar-refractivity contribution >= 4 is 23.5 Å². The Hall–Kier alpha value is -2.06. The second-order valence-corrected chi connectivity index (χ2v) is 6.74. The quantitative estimate of drug-likeness (QED) is 0.250. The van der Waals surface area contributed by atoms with E-state index in [1.807, 2.05) is 0 Å². The van der Waals surface area contributed by atoms with Crippen LogP contribution in [0.1, 0.15) is 52.4 Å². The lowest BCUT2D eigenvalue weighted by molar-refractivity contribution is -0.137. The average Bonchev–Trinajstić information content (AvgIpc) is 2.94. The van der Waals surface area contributed by atoms with Crippen LogP contribution in [0.3, 0.4) is 0 Å². The smallest absolute Gasteiger partial charge is 0.253 e. The van der Waals surface area contributed by atoms with Crippen LogP contribution in [0.15, 0.2) is 12.2 Å². The highest BCUT2D eigenvalue weighted by Crippen LogP contribution is 2.06. The fourth-order valence-electron chi connectivity index (χ4n) is 2.63. The van der Waals surface area contributed by atoms with Gasteiger partial charge in [-0.3, -0.25) is 29.5 Å². The van der Waals surface area contributed by atoms with Crippen LogP contribution in [0, 0.1) is 5.92 Å². The second-order valence-electron chi connectivity index (χ2n) is 6.74.